The lowest BCUT2D eigenvalue weighted by atomic mass is 10.3. The first-order valence-corrected chi connectivity index (χ1v) is 4.80. The molecule has 0 saturated carbocycles. The van der Waals surface area contributed by atoms with Crippen LogP contribution in [0.3, 0.4) is 0 Å². The highest BCUT2D eigenvalue weighted by atomic mass is 35.5. The molecule has 0 unspecified atom stereocenters. The molecule has 1 aromatic heterocycles. The number of hydrogen-bond acceptors (Lipinski definition) is 4. The van der Waals surface area contributed by atoms with Gasteiger partial charge in [0.05, 0.1) is 6.61 Å². The Bertz CT molecular complexity index is 301. The maximum absolute atomic E-state index is 11.0. The van der Waals surface area contributed by atoms with Crippen molar-refractivity contribution in [1.82, 2.24) is 14.8 Å². The summed E-state index contributed by atoms with van der Waals surface area (Å²) in [5.41, 5.74) is 0. The fraction of sp³-hybridized carbons (Fsp3) is 0.625. The summed E-state index contributed by atoms with van der Waals surface area (Å²) in [7, 11) is 0. The van der Waals surface area contributed by atoms with E-state index in [2.05, 4.69) is 10.1 Å². The van der Waals surface area contributed by atoms with Gasteiger partial charge in [-0.25, -0.2) is 9.67 Å². The fourth-order valence-electron chi connectivity index (χ4n) is 1.01. The van der Waals surface area contributed by atoms with Crippen molar-refractivity contribution in [1.29, 1.82) is 0 Å². The molecule has 6 heteroatoms. The minimum absolute atomic E-state index is 0.191. The van der Waals surface area contributed by atoms with E-state index in [0.29, 0.717) is 31.3 Å². The van der Waals surface area contributed by atoms with Gasteiger partial charge < -0.3 is 4.74 Å². The van der Waals surface area contributed by atoms with E-state index in [1.54, 1.807) is 11.6 Å². The zero-order chi connectivity index (χ0) is 10.4. The number of ether oxygens (including phenoxy) is 1. The number of aryl methyl sites for hydroxylation is 1. The van der Waals surface area contributed by atoms with Gasteiger partial charge in [0.25, 0.3) is 0 Å². The third kappa shape index (κ3) is 3.33. The van der Waals surface area contributed by atoms with Crippen LogP contribution in [0.15, 0.2) is 6.33 Å². The van der Waals surface area contributed by atoms with E-state index < -0.39 is 0 Å². The third-order valence-electron chi connectivity index (χ3n) is 1.62. The second-order valence-electron chi connectivity index (χ2n) is 2.66. The predicted molar refractivity (Wildman–Crippen MR) is 50.9 cm³/mol. The molecule has 0 spiro atoms. The Labute approximate surface area is 87.0 Å². The molecule has 0 aliphatic rings. The normalized spacial score (nSPS) is 10.1. The Balaban J connectivity index is 2.22. The smallest absolute Gasteiger partial charge is 0.305 e. The first kappa shape index (κ1) is 11.0. The minimum atomic E-state index is -0.191. The van der Waals surface area contributed by atoms with Gasteiger partial charge in [-0.2, -0.15) is 5.10 Å². The second-order valence-corrected chi connectivity index (χ2v) is 3.00. The molecule has 14 heavy (non-hydrogen) atoms. The van der Waals surface area contributed by atoms with Crippen molar-refractivity contribution in [3.05, 3.63) is 11.6 Å². The summed E-state index contributed by atoms with van der Waals surface area (Å²) in [6, 6.07) is 0. The van der Waals surface area contributed by atoms with Gasteiger partial charge in [0.15, 0.2) is 0 Å². The first-order chi connectivity index (χ1) is 6.74. The summed E-state index contributed by atoms with van der Waals surface area (Å²) in [6.45, 7) is 2.78. The van der Waals surface area contributed by atoms with E-state index in [0.717, 1.165) is 0 Å². The van der Waals surface area contributed by atoms with Gasteiger partial charge in [-0.1, -0.05) is 0 Å². The molecular weight excluding hydrogens is 206 g/mol. The largest absolute Gasteiger partial charge is 0.466 e. The van der Waals surface area contributed by atoms with Crippen LogP contribution < -0.4 is 0 Å². The molecule has 1 aromatic rings. The second kappa shape index (κ2) is 5.59. The molecule has 0 fully saturated rings. The van der Waals surface area contributed by atoms with Crippen molar-refractivity contribution in [3.63, 3.8) is 0 Å². The summed E-state index contributed by atoms with van der Waals surface area (Å²) in [5.74, 6) is -0.191. The van der Waals surface area contributed by atoms with E-state index >= 15 is 0 Å². The summed E-state index contributed by atoms with van der Waals surface area (Å²) < 4.78 is 6.32. The number of carbonyl (C=O) groups excluding carboxylic acids is 1. The van der Waals surface area contributed by atoms with Crippen molar-refractivity contribution in [2.45, 2.75) is 26.3 Å². The summed E-state index contributed by atoms with van der Waals surface area (Å²) >= 11 is 5.69. The van der Waals surface area contributed by atoms with E-state index in [4.69, 9.17) is 16.3 Å². The highest BCUT2D eigenvalue weighted by Gasteiger charge is 2.03. The maximum atomic E-state index is 11.0. The molecule has 0 saturated heterocycles. The van der Waals surface area contributed by atoms with Gasteiger partial charge in [-0.3, -0.25) is 4.79 Å². The number of aromatic nitrogens is 3. The standard InChI is InChI=1S/C8H12ClN3O2/c1-2-14-7(13)4-3-5-12-8(9)10-6-11-12/h6H,2-5H2,1H3. The van der Waals surface area contributed by atoms with Crippen LogP contribution in [0.4, 0.5) is 0 Å². The van der Waals surface area contributed by atoms with Crippen molar-refractivity contribution >= 4 is 17.6 Å². The van der Waals surface area contributed by atoms with Crippen molar-refractivity contribution < 1.29 is 9.53 Å². The number of halogens is 1. The van der Waals surface area contributed by atoms with Crippen molar-refractivity contribution in [3.8, 4) is 0 Å². The van der Waals surface area contributed by atoms with Crippen LogP contribution in [0.5, 0.6) is 0 Å². The van der Waals surface area contributed by atoms with E-state index in [9.17, 15) is 4.79 Å². The van der Waals surface area contributed by atoms with E-state index in [1.807, 2.05) is 0 Å². The van der Waals surface area contributed by atoms with Crippen molar-refractivity contribution in [2.75, 3.05) is 6.61 Å². The molecule has 78 valence electrons. The zero-order valence-corrected chi connectivity index (χ0v) is 8.70. The van der Waals surface area contributed by atoms with Gasteiger partial charge in [-0.15, -0.1) is 0 Å². The Morgan fingerprint density at radius 1 is 1.71 bits per heavy atom. The van der Waals surface area contributed by atoms with Crippen LogP contribution in [0, 0.1) is 0 Å². The number of esters is 1. The van der Waals surface area contributed by atoms with E-state index in [-0.39, 0.29) is 5.97 Å². The van der Waals surface area contributed by atoms with Gasteiger partial charge >= 0.3 is 5.97 Å². The van der Waals surface area contributed by atoms with Crippen LogP contribution in [0.1, 0.15) is 19.8 Å². The monoisotopic (exact) mass is 217 g/mol. The summed E-state index contributed by atoms with van der Waals surface area (Å²) in [4.78, 5) is 14.7. The molecule has 0 aliphatic carbocycles. The average molecular weight is 218 g/mol. The fourth-order valence-corrected chi connectivity index (χ4v) is 1.18. The Kier molecular flexibility index (Phi) is 4.39. The topological polar surface area (TPSA) is 57.0 Å². The third-order valence-corrected chi connectivity index (χ3v) is 1.92. The van der Waals surface area contributed by atoms with Gasteiger partial charge in [0.1, 0.15) is 6.33 Å². The minimum Gasteiger partial charge on any atom is -0.466 e. The lowest BCUT2D eigenvalue weighted by Gasteiger charge is -2.02. The molecule has 0 amide bonds. The molecule has 1 heterocycles. The van der Waals surface area contributed by atoms with Crippen LogP contribution in [0.25, 0.3) is 0 Å². The molecule has 0 aromatic carbocycles. The molecule has 1 rings (SSSR count). The number of carbonyl (C=O) groups is 1. The maximum Gasteiger partial charge on any atom is 0.305 e. The first-order valence-electron chi connectivity index (χ1n) is 4.43. The molecular formula is C8H12ClN3O2. The van der Waals surface area contributed by atoms with Crippen LogP contribution in [0.2, 0.25) is 5.28 Å². The van der Waals surface area contributed by atoms with Crippen molar-refractivity contribution in [2.24, 2.45) is 0 Å². The Hall–Kier alpha value is -1.10. The lowest BCUT2D eigenvalue weighted by molar-refractivity contribution is -0.143. The Morgan fingerprint density at radius 2 is 2.50 bits per heavy atom. The Morgan fingerprint density at radius 3 is 3.07 bits per heavy atom. The lowest BCUT2D eigenvalue weighted by Crippen LogP contribution is -2.07. The van der Waals surface area contributed by atoms with Crippen LogP contribution >= 0.6 is 11.6 Å². The quantitative estimate of drug-likeness (QED) is 0.697. The SMILES string of the molecule is CCOC(=O)CCCn1ncnc1Cl. The molecule has 0 N–H and O–H groups in total. The van der Waals surface area contributed by atoms with Crippen LogP contribution in [-0.4, -0.2) is 27.3 Å². The van der Waals surface area contributed by atoms with Gasteiger partial charge in [0, 0.05) is 13.0 Å². The van der Waals surface area contributed by atoms with E-state index in [1.165, 1.54) is 6.33 Å². The van der Waals surface area contributed by atoms with Gasteiger partial charge in [-0.05, 0) is 24.9 Å². The number of rotatable bonds is 5. The summed E-state index contributed by atoms with van der Waals surface area (Å²) in [6.07, 6.45) is 2.42. The highest BCUT2D eigenvalue weighted by Crippen LogP contribution is 2.04. The van der Waals surface area contributed by atoms with Gasteiger partial charge in [0.2, 0.25) is 5.28 Å². The molecule has 0 bridgehead atoms. The average Bonchev–Trinajstić information content (AvgIpc) is 2.52. The zero-order valence-electron chi connectivity index (χ0n) is 7.94. The summed E-state index contributed by atoms with van der Waals surface area (Å²) in [5, 5.41) is 4.22. The number of nitrogens with zero attached hydrogens (tertiary/aromatic N) is 3. The number of hydrogen-bond donors (Lipinski definition) is 0. The van der Waals surface area contributed by atoms with Crippen LogP contribution in [-0.2, 0) is 16.1 Å². The molecule has 0 radical (unpaired) electrons. The highest BCUT2D eigenvalue weighted by molar-refractivity contribution is 6.28. The predicted octanol–water partition coefficient (Wildman–Crippen LogP) is 1.27. The molecule has 0 aliphatic heterocycles. The molecule has 0 atom stereocenters. The molecule has 5 nitrogen and oxygen atoms in total.